The molecule has 0 fully saturated rings. The minimum absolute atomic E-state index is 0.0815. The van der Waals surface area contributed by atoms with Gasteiger partial charge < -0.3 is 10.5 Å². The molecule has 100 valence electrons. The number of ether oxygens (including phenoxy) is 1. The summed E-state index contributed by atoms with van der Waals surface area (Å²) in [7, 11) is 0. The summed E-state index contributed by atoms with van der Waals surface area (Å²) in [5.41, 5.74) is 6.75. The summed E-state index contributed by atoms with van der Waals surface area (Å²) >= 11 is 3.23. The standard InChI is InChI=1S/C14H12BrF2NO/c15-11-1-2-13(17)14(6-11)19-8-10-3-9(7-18)4-12(16)5-10/h1-6H,7-8,18H2. The molecule has 2 aromatic rings. The molecule has 0 aromatic heterocycles. The molecule has 0 aliphatic carbocycles. The van der Waals surface area contributed by atoms with E-state index in [4.69, 9.17) is 10.5 Å². The zero-order chi connectivity index (χ0) is 13.8. The van der Waals surface area contributed by atoms with Gasteiger partial charge in [-0.3, -0.25) is 0 Å². The van der Waals surface area contributed by atoms with Crippen molar-refractivity contribution in [3.05, 3.63) is 63.6 Å². The van der Waals surface area contributed by atoms with Gasteiger partial charge in [0, 0.05) is 11.0 Å². The zero-order valence-electron chi connectivity index (χ0n) is 10.00. The molecule has 0 heterocycles. The maximum absolute atomic E-state index is 13.5. The Morgan fingerprint density at radius 1 is 1.05 bits per heavy atom. The fourth-order valence-corrected chi connectivity index (χ4v) is 2.01. The number of hydrogen-bond donors (Lipinski definition) is 1. The molecule has 0 aliphatic heterocycles. The summed E-state index contributed by atoms with van der Waals surface area (Å²) in [6.07, 6.45) is 0. The summed E-state index contributed by atoms with van der Waals surface area (Å²) in [4.78, 5) is 0. The van der Waals surface area contributed by atoms with E-state index in [-0.39, 0.29) is 24.7 Å². The van der Waals surface area contributed by atoms with E-state index in [9.17, 15) is 8.78 Å². The summed E-state index contributed by atoms with van der Waals surface area (Å²) in [6, 6.07) is 8.85. The van der Waals surface area contributed by atoms with Crippen LogP contribution in [-0.4, -0.2) is 0 Å². The first-order chi connectivity index (χ1) is 9.08. The van der Waals surface area contributed by atoms with Crippen LogP contribution in [0.3, 0.4) is 0 Å². The Kier molecular flexibility index (Phi) is 4.50. The molecule has 0 saturated heterocycles. The molecule has 0 aliphatic rings. The predicted octanol–water partition coefficient (Wildman–Crippen LogP) is 3.77. The number of hydrogen-bond acceptors (Lipinski definition) is 2. The van der Waals surface area contributed by atoms with Gasteiger partial charge in [0.2, 0.25) is 0 Å². The largest absolute Gasteiger partial charge is 0.486 e. The third kappa shape index (κ3) is 3.75. The second-order valence-electron chi connectivity index (χ2n) is 4.04. The van der Waals surface area contributed by atoms with Gasteiger partial charge in [0.25, 0.3) is 0 Å². The zero-order valence-corrected chi connectivity index (χ0v) is 11.6. The van der Waals surface area contributed by atoms with E-state index in [0.29, 0.717) is 15.6 Å². The van der Waals surface area contributed by atoms with Gasteiger partial charge in [-0.25, -0.2) is 8.78 Å². The quantitative estimate of drug-likeness (QED) is 0.927. The van der Waals surface area contributed by atoms with E-state index in [0.717, 1.165) is 0 Å². The molecule has 0 atom stereocenters. The monoisotopic (exact) mass is 327 g/mol. The first-order valence-electron chi connectivity index (χ1n) is 5.65. The Bertz CT molecular complexity index is 590. The van der Waals surface area contributed by atoms with Gasteiger partial charge >= 0.3 is 0 Å². The summed E-state index contributed by atoms with van der Waals surface area (Å²) in [6.45, 7) is 0.328. The Hall–Kier alpha value is -1.46. The Balaban J connectivity index is 2.14. The molecule has 0 radical (unpaired) electrons. The molecule has 0 saturated carbocycles. The smallest absolute Gasteiger partial charge is 0.165 e. The molecule has 2 N–H and O–H groups in total. The molecule has 0 spiro atoms. The first-order valence-corrected chi connectivity index (χ1v) is 6.44. The van der Waals surface area contributed by atoms with Gasteiger partial charge in [0.05, 0.1) is 0 Å². The Labute approximate surface area is 118 Å². The van der Waals surface area contributed by atoms with Gasteiger partial charge in [-0.2, -0.15) is 0 Å². The van der Waals surface area contributed by atoms with E-state index in [2.05, 4.69) is 15.9 Å². The highest BCUT2D eigenvalue weighted by Gasteiger charge is 2.06. The fourth-order valence-electron chi connectivity index (χ4n) is 1.67. The maximum Gasteiger partial charge on any atom is 0.165 e. The molecular formula is C14H12BrF2NO. The van der Waals surface area contributed by atoms with Crippen molar-refractivity contribution in [1.82, 2.24) is 0 Å². The van der Waals surface area contributed by atoms with Gasteiger partial charge in [-0.15, -0.1) is 0 Å². The van der Waals surface area contributed by atoms with Gasteiger partial charge in [-0.05, 0) is 41.5 Å². The van der Waals surface area contributed by atoms with Crippen molar-refractivity contribution in [2.45, 2.75) is 13.2 Å². The van der Waals surface area contributed by atoms with E-state index >= 15 is 0 Å². The molecule has 0 amide bonds. The Morgan fingerprint density at radius 2 is 1.79 bits per heavy atom. The lowest BCUT2D eigenvalue weighted by atomic mass is 10.1. The van der Waals surface area contributed by atoms with E-state index < -0.39 is 5.82 Å². The second-order valence-corrected chi connectivity index (χ2v) is 4.95. The SMILES string of the molecule is NCc1cc(F)cc(COc2cc(Br)ccc2F)c1. The average molecular weight is 328 g/mol. The van der Waals surface area contributed by atoms with Crippen LogP contribution in [0.25, 0.3) is 0 Å². The molecule has 0 bridgehead atoms. The lowest BCUT2D eigenvalue weighted by molar-refractivity contribution is 0.289. The molecule has 5 heteroatoms. The van der Waals surface area contributed by atoms with Crippen LogP contribution in [-0.2, 0) is 13.2 Å². The Morgan fingerprint density at radius 3 is 2.53 bits per heavy atom. The van der Waals surface area contributed by atoms with Crippen LogP contribution in [0.15, 0.2) is 40.9 Å². The van der Waals surface area contributed by atoms with Crippen molar-refractivity contribution >= 4 is 15.9 Å². The topological polar surface area (TPSA) is 35.2 Å². The average Bonchev–Trinajstić information content (AvgIpc) is 2.39. The maximum atomic E-state index is 13.5. The summed E-state index contributed by atoms with van der Waals surface area (Å²) in [5, 5.41) is 0. The van der Waals surface area contributed by atoms with Crippen LogP contribution in [0.4, 0.5) is 8.78 Å². The second kappa shape index (κ2) is 6.12. The highest BCUT2D eigenvalue weighted by molar-refractivity contribution is 9.10. The number of nitrogens with two attached hydrogens (primary N) is 1. The third-order valence-corrected chi connectivity index (χ3v) is 3.03. The van der Waals surface area contributed by atoms with E-state index in [1.54, 1.807) is 12.1 Å². The highest BCUT2D eigenvalue weighted by atomic mass is 79.9. The summed E-state index contributed by atoms with van der Waals surface area (Å²) in [5.74, 6) is -0.720. The number of rotatable bonds is 4. The molecular weight excluding hydrogens is 316 g/mol. The normalized spacial score (nSPS) is 10.5. The van der Waals surface area contributed by atoms with E-state index in [1.807, 2.05) is 0 Å². The minimum atomic E-state index is -0.460. The van der Waals surface area contributed by atoms with Crippen LogP contribution in [0, 0.1) is 11.6 Å². The van der Waals surface area contributed by atoms with Crippen molar-refractivity contribution in [2.24, 2.45) is 5.73 Å². The lowest BCUT2D eigenvalue weighted by Crippen LogP contribution is -2.02. The molecule has 2 rings (SSSR count). The van der Waals surface area contributed by atoms with Gasteiger partial charge in [-0.1, -0.05) is 22.0 Å². The molecule has 2 nitrogen and oxygen atoms in total. The van der Waals surface area contributed by atoms with Crippen molar-refractivity contribution in [2.75, 3.05) is 0 Å². The number of benzene rings is 2. The minimum Gasteiger partial charge on any atom is -0.486 e. The van der Waals surface area contributed by atoms with Gasteiger partial charge in [0.1, 0.15) is 12.4 Å². The van der Waals surface area contributed by atoms with Crippen molar-refractivity contribution < 1.29 is 13.5 Å². The molecule has 2 aromatic carbocycles. The summed E-state index contributed by atoms with van der Waals surface area (Å²) < 4.78 is 32.8. The van der Waals surface area contributed by atoms with Crippen LogP contribution in [0.1, 0.15) is 11.1 Å². The first kappa shape index (κ1) is 14.0. The third-order valence-electron chi connectivity index (χ3n) is 2.54. The molecule has 0 unspecified atom stereocenters. The van der Waals surface area contributed by atoms with E-state index in [1.165, 1.54) is 24.3 Å². The molecule has 19 heavy (non-hydrogen) atoms. The highest BCUT2D eigenvalue weighted by Crippen LogP contribution is 2.23. The van der Waals surface area contributed by atoms with Crippen molar-refractivity contribution in [3.63, 3.8) is 0 Å². The van der Waals surface area contributed by atoms with Crippen molar-refractivity contribution in [1.29, 1.82) is 0 Å². The van der Waals surface area contributed by atoms with Crippen LogP contribution >= 0.6 is 15.9 Å². The fraction of sp³-hybridized carbons (Fsp3) is 0.143. The van der Waals surface area contributed by atoms with Crippen LogP contribution < -0.4 is 10.5 Å². The lowest BCUT2D eigenvalue weighted by Gasteiger charge is -2.09. The van der Waals surface area contributed by atoms with Crippen LogP contribution in [0.2, 0.25) is 0 Å². The predicted molar refractivity (Wildman–Crippen MR) is 72.7 cm³/mol. The van der Waals surface area contributed by atoms with Crippen LogP contribution in [0.5, 0.6) is 5.75 Å². The van der Waals surface area contributed by atoms with Gasteiger partial charge in [0.15, 0.2) is 11.6 Å². The van der Waals surface area contributed by atoms with Crippen molar-refractivity contribution in [3.8, 4) is 5.75 Å². The number of halogens is 3.